The summed E-state index contributed by atoms with van der Waals surface area (Å²) in [5.41, 5.74) is 0. The number of rotatable bonds is 9. The van der Waals surface area contributed by atoms with Crippen molar-refractivity contribution in [2.45, 2.75) is 58.1 Å². The molecule has 0 fully saturated rings. The molecule has 86 valence electrons. The standard InChI is InChI=1S/C12H27NS/c1-4-9-13(10-5-2)11-7-8-12(14)6-3/h12,14H,4-11H2,1-3H3. The predicted molar refractivity (Wildman–Crippen MR) is 69.3 cm³/mol. The average Bonchev–Trinajstić information content (AvgIpc) is 2.18. The Bertz CT molecular complexity index is 111. The minimum absolute atomic E-state index is 0.611. The molecule has 0 saturated heterocycles. The van der Waals surface area contributed by atoms with Gasteiger partial charge in [0.1, 0.15) is 0 Å². The van der Waals surface area contributed by atoms with Gasteiger partial charge in [0.25, 0.3) is 0 Å². The molecular formula is C12H27NS. The van der Waals surface area contributed by atoms with Gasteiger partial charge in [-0.2, -0.15) is 12.6 Å². The zero-order valence-electron chi connectivity index (χ0n) is 10.1. The molecule has 14 heavy (non-hydrogen) atoms. The van der Waals surface area contributed by atoms with Crippen LogP contribution in [0.15, 0.2) is 0 Å². The molecule has 0 bridgehead atoms. The second-order valence-corrected chi connectivity index (χ2v) is 4.78. The summed E-state index contributed by atoms with van der Waals surface area (Å²) in [6.07, 6.45) is 6.33. The Morgan fingerprint density at radius 1 is 1.00 bits per heavy atom. The largest absolute Gasteiger partial charge is 0.303 e. The van der Waals surface area contributed by atoms with Crippen LogP contribution in [0.25, 0.3) is 0 Å². The Balaban J connectivity index is 3.49. The topological polar surface area (TPSA) is 3.24 Å². The zero-order valence-corrected chi connectivity index (χ0v) is 11.0. The molecule has 1 unspecified atom stereocenters. The number of nitrogens with zero attached hydrogens (tertiary/aromatic N) is 1. The lowest BCUT2D eigenvalue weighted by molar-refractivity contribution is 0.268. The molecule has 0 saturated carbocycles. The second kappa shape index (κ2) is 9.85. The normalized spacial score (nSPS) is 13.5. The summed E-state index contributed by atoms with van der Waals surface area (Å²) in [6, 6.07) is 0. The Hall–Kier alpha value is 0.310. The van der Waals surface area contributed by atoms with E-state index >= 15 is 0 Å². The van der Waals surface area contributed by atoms with Gasteiger partial charge in [-0.3, -0.25) is 0 Å². The van der Waals surface area contributed by atoms with Crippen molar-refractivity contribution >= 4 is 12.6 Å². The van der Waals surface area contributed by atoms with Crippen LogP contribution in [-0.4, -0.2) is 29.8 Å². The van der Waals surface area contributed by atoms with Crippen LogP contribution in [0.5, 0.6) is 0 Å². The van der Waals surface area contributed by atoms with Gasteiger partial charge in [0.2, 0.25) is 0 Å². The molecule has 0 aromatic rings. The lowest BCUT2D eigenvalue weighted by Crippen LogP contribution is -2.26. The van der Waals surface area contributed by atoms with Crippen LogP contribution in [0.4, 0.5) is 0 Å². The fourth-order valence-corrected chi connectivity index (χ4v) is 1.91. The van der Waals surface area contributed by atoms with Crippen LogP contribution >= 0.6 is 12.6 Å². The smallest absolute Gasteiger partial charge is 0.00146 e. The van der Waals surface area contributed by atoms with E-state index in [1.54, 1.807) is 0 Å². The summed E-state index contributed by atoms with van der Waals surface area (Å²) in [5.74, 6) is 0. The van der Waals surface area contributed by atoms with Crippen LogP contribution < -0.4 is 0 Å². The quantitative estimate of drug-likeness (QED) is 0.578. The van der Waals surface area contributed by atoms with Crippen molar-refractivity contribution in [3.8, 4) is 0 Å². The van der Waals surface area contributed by atoms with Crippen molar-refractivity contribution in [3.63, 3.8) is 0 Å². The van der Waals surface area contributed by atoms with Crippen LogP contribution in [0, 0.1) is 0 Å². The van der Waals surface area contributed by atoms with Gasteiger partial charge in [0.15, 0.2) is 0 Å². The van der Waals surface area contributed by atoms with Gasteiger partial charge in [-0.15, -0.1) is 0 Å². The van der Waals surface area contributed by atoms with Crippen LogP contribution in [0.1, 0.15) is 52.9 Å². The van der Waals surface area contributed by atoms with E-state index in [1.807, 2.05) is 0 Å². The fraction of sp³-hybridized carbons (Fsp3) is 1.00. The third-order valence-corrected chi connectivity index (χ3v) is 3.19. The van der Waals surface area contributed by atoms with Gasteiger partial charge in [-0.1, -0.05) is 20.8 Å². The van der Waals surface area contributed by atoms with E-state index in [0.717, 1.165) is 0 Å². The van der Waals surface area contributed by atoms with E-state index in [4.69, 9.17) is 0 Å². The molecule has 0 aliphatic rings. The van der Waals surface area contributed by atoms with Crippen LogP contribution in [-0.2, 0) is 0 Å². The van der Waals surface area contributed by atoms with E-state index in [1.165, 1.54) is 51.7 Å². The highest BCUT2D eigenvalue weighted by Crippen LogP contribution is 2.09. The minimum Gasteiger partial charge on any atom is -0.303 e. The molecule has 0 aliphatic heterocycles. The summed E-state index contributed by atoms with van der Waals surface area (Å²) in [4.78, 5) is 2.58. The molecule has 0 aliphatic carbocycles. The minimum atomic E-state index is 0.611. The van der Waals surface area contributed by atoms with Crippen LogP contribution in [0.3, 0.4) is 0 Å². The molecule has 0 rings (SSSR count). The van der Waals surface area contributed by atoms with Gasteiger partial charge in [-0.25, -0.2) is 0 Å². The maximum absolute atomic E-state index is 4.52. The van der Waals surface area contributed by atoms with Crippen molar-refractivity contribution in [2.24, 2.45) is 0 Å². The number of hydrogen-bond acceptors (Lipinski definition) is 2. The Morgan fingerprint density at radius 2 is 1.57 bits per heavy atom. The summed E-state index contributed by atoms with van der Waals surface area (Å²) in [6.45, 7) is 10.5. The maximum Gasteiger partial charge on any atom is 0.00146 e. The Labute approximate surface area is 95.7 Å². The SMILES string of the molecule is CCCN(CCC)CCCC(S)CC. The van der Waals surface area contributed by atoms with E-state index in [-0.39, 0.29) is 0 Å². The summed E-state index contributed by atoms with van der Waals surface area (Å²) in [7, 11) is 0. The van der Waals surface area contributed by atoms with Crippen molar-refractivity contribution < 1.29 is 0 Å². The molecule has 0 radical (unpaired) electrons. The molecule has 0 spiro atoms. The first kappa shape index (κ1) is 14.3. The lowest BCUT2D eigenvalue weighted by atomic mass is 10.2. The van der Waals surface area contributed by atoms with Crippen molar-refractivity contribution in [1.29, 1.82) is 0 Å². The third kappa shape index (κ3) is 7.69. The van der Waals surface area contributed by atoms with Gasteiger partial charge in [0, 0.05) is 5.25 Å². The van der Waals surface area contributed by atoms with E-state index in [2.05, 4.69) is 38.3 Å². The van der Waals surface area contributed by atoms with Crippen molar-refractivity contribution in [1.82, 2.24) is 4.90 Å². The highest BCUT2D eigenvalue weighted by molar-refractivity contribution is 7.80. The molecular weight excluding hydrogens is 190 g/mol. The fourth-order valence-electron chi connectivity index (χ4n) is 1.72. The van der Waals surface area contributed by atoms with Gasteiger partial charge >= 0.3 is 0 Å². The van der Waals surface area contributed by atoms with E-state index < -0.39 is 0 Å². The van der Waals surface area contributed by atoms with Crippen LogP contribution in [0.2, 0.25) is 0 Å². The molecule has 1 nitrogen and oxygen atoms in total. The zero-order chi connectivity index (χ0) is 10.8. The first-order chi connectivity index (χ1) is 6.74. The highest BCUT2D eigenvalue weighted by atomic mass is 32.1. The molecule has 0 amide bonds. The third-order valence-electron chi connectivity index (χ3n) is 2.56. The number of hydrogen-bond donors (Lipinski definition) is 1. The Morgan fingerprint density at radius 3 is 2.00 bits per heavy atom. The average molecular weight is 217 g/mol. The monoisotopic (exact) mass is 217 g/mol. The molecule has 2 heteroatoms. The maximum atomic E-state index is 4.52. The first-order valence-electron chi connectivity index (χ1n) is 6.14. The van der Waals surface area contributed by atoms with E-state index in [0.29, 0.717) is 5.25 Å². The van der Waals surface area contributed by atoms with Gasteiger partial charge < -0.3 is 4.90 Å². The molecule has 0 N–H and O–H groups in total. The lowest BCUT2D eigenvalue weighted by Gasteiger charge is -2.21. The van der Waals surface area contributed by atoms with Crippen molar-refractivity contribution in [2.75, 3.05) is 19.6 Å². The molecule has 0 heterocycles. The Kier molecular flexibility index (Phi) is 10.1. The molecule has 0 aromatic carbocycles. The molecule has 0 aromatic heterocycles. The highest BCUT2D eigenvalue weighted by Gasteiger charge is 2.04. The van der Waals surface area contributed by atoms with Gasteiger partial charge in [-0.05, 0) is 51.7 Å². The predicted octanol–water partition coefficient (Wildman–Crippen LogP) is 3.60. The van der Waals surface area contributed by atoms with Gasteiger partial charge in [0.05, 0.1) is 0 Å². The summed E-state index contributed by atoms with van der Waals surface area (Å²) >= 11 is 4.52. The summed E-state index contributed by atoms with van der Waals surface area (Å²) < 4.78 is 0. The number of thiol groups is 1. The second-order valence-electron chi connectivity index (χ2n) is 4.05. The van der Waals surface area contributed by atoms with E-state index in [9.17, 15) is 0 Å². The van der Waals surface area contributed by atoms with Crippen molar-refractivity contribution in [3.05, 3.63) is 0 Å². The first-order valence-corrected chi connectivity index (χ1v) is 6.66. The summed E-state index contributed by atoms with van der Waals surface area (Å²) in [5, 5.41) is 0.611. The molecule has 1 atom stereocenters.